The van der Waals surface area contributed by atoms with Crippen LogP contribution in [0.2, 0.25) is 0 Å². The van der Waals surface area contributed by atoms with Crippen LogP contribution in [0, 0.1) is 0 Å². The fourth-order valence-corrected chi connectivity index (χ4v) is 3.92. The highest BCUT2D eigenvalue weighted by Crippen LogP contribution is 2.28. The normalized spacial score (nSPS) is 42.8. The van der Waals surface area contributed by atoms with Crippen LogP contribution < -0.4 is 5.32 Å². The average Bonchev–Trinajstić information content (AvgIpc) is 2.50. The number of rotatable bonds is 2. The molecule has 4 unspecified atom stereocenters. The molecule has 2 N–H and O–H groups in total. The van der Waals surface area contributed by atoms with Gasteiger partial charge in [0.2, 0.25) is 0 Å². The number of aliphatic hydroxyl groups excluding tert-OH is 1. The molecule has 2 nitrogen and oxygen atoms in total. The Labute approximate surface area is 97.2 Å². The summed E-state index contributed by atoms with van der Waals surface area (Å²) in [5.41, 5.74) is 0. The summed E-state index contributed by atoms with van der Waals surface area (Å²) in [7, 11) is 0. The van der Waals surface area contributed by atoms with E-state index in [2.05, 4.69) is 24.0 Å². The van der Waals surface area contributed by atoms with Gasteiger partial charge >= 0.3 is 0 Å². The van der Waals surface area contributed by atoms with Crippen molar-refractivity contribution in [3.05, 3.63) is 0 Å². The van der Waals surface area contributed by atoms with E-state index >= 15 is 0 Å². The SMILES string of the molecule is CC1SCCC1NC1CCCCCC1O. The molecule has 0 aromatic carbocycles. The molecule has 0 radical (unpaired) electrons. The summed E-state index contributed by atoms with van der Waals surface area (Å²) in [5, 5.41) is 14.4. The zero-order valence-corrected chi connectivity index (χ0v) is 10.4. The van der Waals surface area contributed by atoms with Crippen molar-refractivity contribution in [1.29, 1.82) is 0 Å². The maximum atomic E-state index is 10.0. The van der Waals surface area contributed by atoms with Crippen molar-refractivity contribution in [2.24, 2.45) is 0 Å². The molecule has 88 valence electrons. The summed E-state index contributed by atoms with van der Waals surface area (Å²) in [5.74, 6) is 1.28. The van der Waals surface area contributed by atoms with Gasteiger partial charge in [-0.15, -0.1) is 0 Å². The smallest absolute Gasteiger partial charge is 0.0693 e. The van der Waals surface area contributed by atoms with Crippen LogP contribution in [-0.2, 0) is 0 Å². The third kappa shape index (κ3) is 3.11. The van der Waals surface area contributed by atoms with Crippen molar-refractivity contribution in [3.63, 3.8) is 0 Å². The fraction of sp³-hybridized carbons (Fsp3) is 1.00. The first-order chi connectivity index (χ1) is 7.27. The third-order valence-electron chi connectivity index (χ3n) is 3.78. The Morgan fingerprint density at radius 3 is 2.60 bits per heavy atom. The second-order valence-corrected chi connectivity index (χ2v) is 6.43. The minimum absolute atomic E-state index is 0.106. The number of nitrogens with one attached hydrogen (secondary N) is 1. The molecule has 1 saturated carbocycles. The van der Waals surface area contributed by atoms with Gasteiger partial charge in [0.25, 0.3) is 0 Å². The van der Waals surface area contributed by atoms with Crippen molar-refractivity contribution in [2.75, 3.05) is 5.75 Å². The Morgan fingerprint density at radius 2 is 1.87 bits per heavy atom. The molecule has 1 saturated heterocycles. The van der Waals surface area contributed by atoms with Gasteiger partial charge in [0.05, 0.1) is 6.10 Å². The Kier molecular flexibility index (Phi) is 4.35. The molecule has 3 heteroatoms. The molecule has 0 spiro atoms. The molecule has 4 atom stereocenters. The molecule has 1 aliphatic carbocycles. The number of thioether (sulfide) groups is 1. The van der Waals surface area contributed by atoms with Crippen molar-refractivity contribution >= 4 is 11.8 Å². The van der Waals surface area contributed by atoms with E-state index in [0.29, 0.717) is 12.1 Å². The van der Waals surface area contributed by atoms with E-state index in [-0.39, 0.29) is 6.10 Å². The van der Waals surface area contributed by atoms with Gasteiger partial charge < -0.3 is 10.4 Å². The van der Waals surface area contributed by atoms with Gasteiger partial charge in [0.15, 0.2) is 0 Å². The first kappa shape index (κ1) is 11.7. The standard InChI is InChI=1S/C12H23NOS/c1-9-10(7-8-15-9)13-11-5-3-2-4-6-12(11)14/h9-14H,2-8H2,1H3. The second-order valence-electron chi connectivity index (χ2n) is 4.95. The van der Waals surface area contributed by atoms with Crippen molar-refractivity contribution in [2.45, 2.75) is 68.9 Å². The first-order valence-corrected chi connectivity index (χ1v) is 7.38. The summed E-state index contributed by atoms with van der Waals surface area (Å²) in [6.07, 6.45) is 7.10. The van der Waals surface area contributed by atoms with E-state index in [1.165, 1.54) is 31.4 Å². The van der Waals surface area contributed by atoms with Gasteiger partial charge in [-0.3, -0.25) is 0 Å². The molecule has 2 rings (SSSR count). The predicted molar refractivity (Wildman–Crippen MR) is 66.3 cm³/mol. The highest BCUT2D eigenvalue weighted by molar-refractivity contribution is 8.00. The lowest BCUT2D eigenvalue weighted by molar-refractivity contribution is 0.114. The van der Waals surface area contributed by atoms with E-state index in [1.54, 1.807) is 0 Å². The summed E-state index contributed by atoms with van der Waals surface area (Å²) in [6, 6.07) is 0.992. The minimum Gasteiger partial charge on any atom is -0.392 e. The molecule has 0 bridgehead atoms. The van der Waals surface area contributed by atoms with Crippen molar-refractivity contribution in [3.8, 4) is 0 Å². The van der Waals surface area contributed by atoms with Crippen LogP contribution in [0.15, 0.2) is 0 Å². The summed E-state index contributed by atoms with van der Waals surface area (Å²) >= 11 is 2.06. The first-order valence-electron chi connectivity index (χ1n) is 6.33. The van der Waals surface area contributed by atoms with E-state index in [9.17, 15) is 5.11 Å². The summed E-state index contributed by atoms with van der Waals surface area (Å²) < 4.78 is 0. The predicted octanol–water partition coefficient (Wildman–Crippen LogP) is 2.16. The zero-order chi connectivity index (χ0) is 10.7. The van der Waals surface area contributed by atoms with E-state index in [1.807, 2.05) is 0 Å². The molecule has 15 heavy (non-hydrogen) atoms. The number of aliphatic hydroxyl groups is 1. The lowest BCUT2D eigenvalue weighted by atomic mass is 10.0. The second kappa shape index (κ2) is 5.55. The summed E-state index contributed by atoms with van der Waals surface area (Å²) in [6.45, 7) is 2.30. The molecule has 0 aromatic rings. The summed E-state index contributed by atoms with van der Waals surface area (Å²) in [4.78, 5) is 0. The van der Waals surface area contributed by atoms with Crippen LogP contribution in [0.5, 0.6) is 0 Å². The van der Waals surface area contributed by atoms with Crippen LogP contribution in [0.25, 0.3) is 0 Å². The topological polar surface area (TPSA) is 32.3 Å². The Morgan fingerprint density at radius 1 is 1.07 bits per heavy atom. The maximum Gasteiger partial charge on any atom is 0.0693 e. The van der Waals surface area contributed by atoms with Crippen LogP contribution in [0.3, 0.4) is 0 Å². The van der Waals surface area contributed by atoms with E-state index in [0.717, 1.165) is 18.1 Å². The van der Waals surface area contributed by atoms with E-state index in [4.69, 9.17) is 0 Å². The van der Waals surface area contributed by atoms with Crippen LogP contribution in [-0.4, -0.2) is 34.3 Å². The Bertz CT molecular complexity index is 200. The third-order valence-corrected chi connectivity index (χ3v) is 5.11. The van der Waals surface area contributed by atoms with Gasteiger partial charge in [0.1, 0.15) is 0 Å². The van der Waals surface area contributed by atoms with Crippen LogP contribution >= 0.6 is 11.8 Å². The van der Waals surface area contributed by atoms with Crippen molar-refractivity contribution < 1.29 is 5.11 Å². The maximum absolute atomic E-state index is 10.0. The lowest BCUT2D eigenvalue weighted by Crippen LogP contribution is -2.46. The van der Waals surface area contributed by atoms with Gasteiger partial charge in [0, 0.05) is 17.3 Å². The largest absolute Gasteiger partial charge is 0.392 e. The molecule has 2 aliphatic rings. The highest BCUT2D eigenvalue weighted by Gasteiger charge is 2.29. The van der Waals surface area contributed by atoms with Crippen molar-refractivity contribution in [1.82, 2.24) is 5.32 Å². The molecule has 0 amide bonds. The number of hydrogen-bond donors (Lipinski definition) is 2. The quantitative estimate of drug-likeness (QED) is 0.712. The molecule has 2 fully saturated rings. The van der Waals surface area contributed by atoms with Gasteiger partial charge in [-0.25, -0.2) is 0 Å². The Balaban J connectivity index is 1.85. The van der Waals surface area contributed by atoms with Crippen LogP contribution in [0.1, 0.15) is 45.4 Å². The highest BCUT2D eigenvalue weighted by atomic mass is 32.2. The molecular weight excluding hydrogens is 206 g/mol. The lowest BCUT2D eigenvalue weighted by Gasteiger charge is -2.27. The van der Waals surface area contributed by atoms with Gasteiger partial charge in [-0.2, -0.15) is 11.8 Å². The van der Waals surface area contributed by atoms with Gasteiger partial charge in [-0.1, -0.05) is 26.2 Å². The fourth-order valence-electron chi connectivity index (χ4n) is 2.71. The average molecular weight is 229 g/mol. The minimum atomic E-state index is -0.106. The Hall–Kier alpha value is 0.270. The van der Waals surface area contributed by atoms with Crippen LogP contribution in [0.4, 0.5) is 0 Å². The molecule has 1 aliphatic heterocycles. The van der Waals surface area contributed by atoms with Gasteiger partial charge in [-0.05, 0) is 25.0 Å². The monoisotopic (exact) mass is 229 g/mol. The zero-order valence-electron chi connectivity index (χ0n) is 9.61. The molecule has 0 aromatic heterocycles. The molecule has 1 heterocycles. The van der Waals surface area contributed by atoms with E-state index < -0.39 is 0 Å². The molecular formula is C12H23NOS. The number of hydrogen-bond acceptors (Lipinski definition) is 3.